The highest BCUT2D eigenvalue weighted by atomic mass is 16.4. The number of nitrogens with one attached hydrogen (secondary N) is 1. The fourth-order valence-electron chi connectivity index (χ4n) is 2.63. The first-order chi connectivity index (χ1) is 9.49. The summed E-state index contributed by atoms with van der Waals surface area (Å²) in [5, 5.41) is 19.2. The second kappa shape index (κ2) is 6.02. The molecule has 2 atom stereocenters. The summed E-state index contributed by atoms with van der Waals surface area (Å²) >= 11 is 0. The van der Waals surface area contributed by atoms with E-state index in [1.807, 2.05) is 0 Å². The Bertz CT molecular complexity index is 512. The molecule has 2 unspecified atom stereocenters. The van der Waals surface area contributed by atoms with Crippen LogP contribution in [-0.2, 0) is 11.3 Å². The second-order valence-electron chi connectivity index (χ2n) is 5.42. The van der Waals surface area contributed by atoms with Crippen LogP contribution < -0.4 is 5.32 Å². The number of aromatic nitrogens is 3. The summed E-state index contributed by atoms with van der Waals surface area (Å²) in [6.07, 6.45) is 4.50. The van der Waals surface area contributed by atoms with Gasteiger partial charge in [0, 0.05) is 6.04 Å². The first kappa shape index (κ1) is 14.5. The lowest BCUT2D eigenvalue weighted by Crippen LogP contribution is -2.42. The molecule has 0 aliphatic heterocycles. The molecule has 0 aromatic carbocycles. The molecule has 0 spiro atoms. The van der Waals surface area contributed by atoms with Gasteiger partial charge in [0.2, 0.25) is 5.91 Å². The van der Waals surface area contributed by atoms with E-state index < -0.39 is 5.97 Å². The Morgan fingerprint density at radius 1 is 1.40 bits per heavy atom. The highest BCUT2D eigenvalue weighted by molar-refractivity contribution is 5.86. The van der Waals surface area contributed by atoms with Crippen molar-refractivity contribution in [2.45, 2.75) is 52.1 Å². The van der Waals surface area contributed by atoms with Crippen LogP contribution in [0.25, 0.3) is 0 Å². The maximum Gasteiger partial charge on any atom is 0.358 e. The fourth-order valence-corrected chi connectivity index (χ4v) is 2.63. The maximum absolute atomic E-state index is 12.0. The fraction of sp³-hybridized carbons (Fsp3) is 0.692. The van der Waals surface area contributed by atoms with E-state index in [1.54, 1.807) is 6.92 Å². The summed E-state index contributed by atoms with van der Waals surface area (Å²) < 4.78 is 1.33. The van der Waals surface area contributed by atoms with E-state index in [1.165, 1.54) is 11.1 Å². The zero-order valence-electron chi connectivity index (χ0n) is 11.8. The van der Waals surface area contributed by atoms with E-state index in [-0.39, 0.29) is 24.2 Å². The van der Waals surface area contributed by atoms with Crippen molar-refractivity contribution in [3.05, 3.63) is 11.4 Å². The summed E-state index contributed by atoms with van der Waals surface area (Å²) in [6.45, 7) is 3.75. The average Bonchev–Trinajstić information content (AvgIpc) is 2.74. The topological polar surface area (TPSA) is 97.1 Å². The van der Waals surface area contributed by atoms with Gasteiger partial charge in [-0.15, -0.1) is 5.10 Å². The molecular weight excluding hydrogens is 260 g/mol. The molecule has 7 nitrogen and oxygen atoms in total. The highest BCUT2D eigenvalue weighted by Gasteiger charge is 2.23. The van der Waals surface area contributed by atoms with Crippen LogP contribution in [0.3, 0.4) is 0 Å². The van der Waals surface area contributed by atoms with Crippen molar-refractivity contribution in [1.82, 2.24) is 20.3 Å². The Hall–Kier alpha value is -1.92. The third kappa shape index (κ3) is 3.15. The molecule has 1 aromatic rings. The van der Waals surface area contributed by atoms with Gasteiger partial charge in [-0.2, -0.15) is 0 Å². The largest absolute Gasteiger partial charge is 0.476 e. The molecule has 0 radical (unpaired) electrons. The minimum Gasteiger partial charge on any atom is -0.476 e. The lowest BCUT2D eigenvalue weighted by molar-refractivity contribution is -0.123. The van der Waals surface area contributed by atoms with Crippen molar-refractivity contribution >= 4 is 11.9 Å². The molecule has 20 heavy (non-hydrogen) atoms. The molecule has 110 valence electrons. The van der Waals surface area contributed by atoms with Gasteiger partial charge < -0.3 is 10.4 Å². The molecule has 2 rings (SSSR count). The minimum absolute atomic E-state index is 0.00926. The number of amides is 1. The molecule has 0 saturated heterocycles. The van der Waals surface area contributed by atoms with Gasteiger partial charge in [0.05, 0.1) is 5.69 Å². The number of hydrogen-bond acceptors (Lipinski definition) is 4. The zero-order chi connectivity index (χ0) is 14.7. The van der Waals surface area contributed by atoms with E-state index in [9.17, 15) is 9.59 Å². The lowest BCUT2D eigenvalue weighted by Gasteiger charge is -2.29. The van der Waals surface area contributed by atoms with Crippen LogP contribution in [-0.4, -0.2) is 38.0 Å². The van der Waals surface area contributed by atoms with Crippen molar-refractivity contribution in [1.29, 1.82) is 0 Å². The van der Waals surface area contributed by atoms with Crippen LogP contribution in [0.15, 0.2) is 0 Å². The number of carbonyl (C=O) groups excluding carboxylic acids is 1. The van der Waals surface area contributed by atoms with Crippen LogP contribution in [0.4, 0.5) is 0 Å². The Morgan fingerprint density at radius 2 is 2.10 bits per heavy atom. The maximum atomic E-state index is 12.0. The van der Waals surface area contributed by atoms with Crippen LogP contribution in [0, 0.1) is 12.8 Å². The molecule has 2 N–H and O–H groups in total. The summed E-state index contributed by atoms with van der Waals surface area (Å²) in [4.78, 5) is 22.9. The van der Waals surface area contributed by atoms with Gasteiger partial charge in [-0.25, -0.2) is 9.48 Å². The zero-order valence-corrected chi connectivity index (χ0v) is 11.8. The molecule has 1 saturated carbocycles. The first-order valence-electron chi connectivity index (χ1n) is 6.91. The van der Waals surface area contributed by atoms with Crippen LogP contribution in [0.5, 0.6) is 0 Å². The summed E-state index contributed by atoms with van der Waals surface area (Å²) in [6, 6.07) is 0.207. The number of aromatic carboxylic acids is 1. The number of carbonyl (C=O) groups is 2. The minimum atomic E-state index is -1.13. The summed E-state index contributed by atoms with van der Waals surface area (Å²) in [5.41, 5.74) is 0.285. The molecule has 1 fully saturated rings. The van der Waals surface area contributed by atoms with E-state index in [0.717, 1.165) is 19.3 Å². The number of carboxylic acids is 1. The van der Waals surface area contributed by atoms with Gasteiger partial charge in [0.25, 0.3) is 0 Å². The van der Waals surface area contributed by atoms with Crippen LogP contribution in [0.1, 0.15) is 48.8 Å². The monoisotopic (exact) mass is 280 g/mol. The van der Waals surface area contributed by atoms with Gasteiger partial charge >= 0.3 is 5.97 Å². The number of hydrogen-bond donors (Lipinski definition) is 2. The highest BCUT2D eigenvalue weighted by Crippen LogP contribution is 2.23. The summed E-state index contributed by atoms with van der Waals surface area (Å²) in [7, 11) is 0. The number of rotatable bonds is 4. The third-order valence-corrected chi connectivity index (χ3v) is 3.94. The Balaban J connectivity index is 1.96. The van der Waals surface area contributed by atoms with Crippen molar-refractivity contribution in [2.75, 3.05) is 0 Å². The molecule has 7 heteroatoms. The molecule has 0 bridgehead atoms. The Kier molecular flexibility index (Phi) is 4.36. The molecule has 1 aromatic heterocycles. The van der Waals surface area contributed by atoms with Gasteiger partial charge in [-0.3, -0.25) is 4.79 Å². The van der Waals surface area contributed by atoms with E-state index in [4.69, 9.17) is 5.11 Å². The molecule has 1 aliphatic rings. The standard InChI is InChI=1S/C13H20N4O3/c1-8-5-3-4-6-10(8)14-11(18)7-17-9(2)12(13(19)20)15-16-17/h8,10H,3-7H2,1-2H3,(H,14,18)(H,19,20). The smallest absolute Gasteiger partial charge is 0.358 e. The number of nitrogens with zero attached hydrogens (tertiary/aromatic N) is 3. The van der Waals surface area contributed by atoms with E-state index >= 15 is 0 Å². The van der Waals surface area contributed by atoms with Gasteiger partial charge in [0.15, 0.2) is 5.69 Å². The third-order valence-electron chi connectivity index (χ3n) is 3.94. The van der Waals surface area contributed by atoms with Crippen molar-refractivity contribution in [3.8, 4) is 0 Å². The van der Waals surface area contributed by atoms with Gasteiger partial charge in [-0.1, -0.05) is 25.0 Å². The molecular formula is C13H20N4O3. The molecule has 1 heterocycles. The number of carboxylic acid groups (broad SMARTS) is 1. The van der Waals surface area contributed by atoms with Crippen LogP contribution >= 0.6 is 0 Å². The predicted octanol–water partition coefficient (Wildman–Crippen LogP) is 0.980. The van der Waals surface area contributed by atoms with Gasteiger partial charge in [-0.05, 0) is 25.7 Å². The van der Waals surface area contributed by atoms with E-state index in [2.05, 4.69) is 22.6 Å². The Labute approximate surface area is 117 Å². The normalized spacial score (nSPS) is 22.5. The van der Waals surface area contributed by atoms with E-state index in [0.29, 0.717) is 11.6 Å². The first-order valence-corrected chi connectivity index (χ1v) is 6.91. The predicted molar refractivity (Wildman–Crippen MR) is 71.3 cm³/mol. The van der Waals surface area contributed by atoms with Crippen molar-refractivity contribution in [3.63, 3.8) is 0 Å². The quantitative estimate of drug-likeness (QED) is 0.857. The summed E-state index contributed by atoms with van der Waals surface area (Å²) in [5.74, 6) is -0.789. The lowest BCUT2D eigenvalue weighted by atomic mass is 9.86. The Morgan fingerprint density at radius 3 is 2.70 bits per heavy atom. The molecule has 1 amide bonds. The average molecular weight is 280 g/mol. The van der Waals surface area contributed by atoms with Crippen molar-refractivity contribution < 1.29 is 14.7 Å². The van der Waals surface area contributed by atoms with Crippen LogP contribution in [0.2, 0.25) is 0 Å². The van der Waals surface area contributed by atoms with Crippen molar-refractivity contribution in [2.24, 2.45) is 5.92 Å². The second-order valence-corrected chi connectivity index (χ2v) is 5.42. The SMILES string of the molecule is Cc1c(C(=O)O)nnn1CC(=O)NC1CCCCC1C. The van der Waals surface area contributed by atoms with Gasteiger partial charge in [0.1, 0.15) is 6.54 Å². The molecule has 1 aliphatic carbocycles.